The molecular formula is C18H22N4O3. The van der Waals surface area contributed by atoms with Crippen molar-refractivity contribution in [2.75, 3.05) is 6.54 Å². The van der Waals surface area contributed by atoms with Gasteiger partial charge in [-0.2, -0.15) is 5.10 Å². The summed E-state index contributed by atoms with van der Waals surface area (Å²) in [5.41, 5.74) is 0.942. The van der Waals surface area contributed by atoms with Crippen molar-refractivity contribution in [3.63, 3.8) is 0 Å². The lowest BCUT2D eigenvalue weighted by Gasteiger charge is -2.36. The van der Waals surface area contributed by atoms with Crippen LogP contribution in [0, 0.1) is 10.1 Å². The highest BCUT2D eigenvalue weighted by Gasteiger charge is 2.43. The quantitative estimate of drug-likeness (QED) is 0.618. The van der Waals surface area contributed by atoms with Crippen LogP contribution in [-0.2, 0) is 11.3 Å². The van der Waals surface area contributed by atoms with Gasteiger partial charge in [0.2, 0.25) is 5.91 Å². The van der Waals surface area contributed by atoms with Gasteiger partial charge in [0.15, 0.2) is 0 Å². The third-order valence-corrected chi connectivity index (χ3v) is 5.08. The van der Waals surface area contributed by atoms with Gasteiger partial charge < -0.3 is 4.90 Å². The fourth-order valence-electron chi connectivity index (χ4n) is 3.71. The van der Waals surface area contributed by atoms with Crippen molar-refractivity contribution in [2.45, 2.75) is 44.7 Å². The first-order valence-electron chi connectivity index (χ1n) is 8.42. The summed E-state index contributed by atoms with van der Waals surface area (Å²) in [5.74, 6) is 0.366. The SMILES string of the molecule is CC1(C)C(c2ccccc2)CCN1C(=O)CCn1cc([N+](=O)[O-])cn1. The van der Waals surface area contributed by atoms with Gasteiger partial charge in [-0.25, -0.2) is 0 Å². The van der Waals surface area contributed by atoms with E-state index in [9.17, 15) is 14.9 Å². The smallest absolute Gasteiger partial charge is 0.306 e. The maximum atomic E-state index is 12.7. The highest BCUT2D eigenvalue weighted by Crippen LogP contribution is 2.41. The fraction of sp³-hybridized carbons (Fsp3) is 0.444. The van der Waals surface area contributed by atoms with Gasteiger partial charge in [-0.15, -0.1) is 0 Å². The van der Waals surface area contributed by atoms with Crippen molar-refractivity contribution in [1.82, 2.24) is 14.7 Å². The molecule has 1 atom stereocenters. The number of likely N-dealkylation sites (tertiary alicyclic amines) is 1. The van der Waals surface area contributed by atoms with E-state index in [1.165, 1.54) is 22.6 Å². The Morgan fingerprint density at radius 2 is 2.08 bits per heavy atom. The lowest BCUT2D eigenvalue weighted by atomic mass is 9.82. The number of carbonyl (C=O) groups excluding carboxylic acids is 1. The molecule has 1 aromatic carbocycles. The molecule has 132 valence electrons. The first-order chi connectivity index (χ1) is 11.9. The number of nitro groups is 1. The molecule has 7 heteroatoms. The summed E-state index contributed by atoms with van der Waals surface area (Å²) >= 11 is 0. The molecule has 1 aromatic heterocycles. The van der Waals surface area contributed by atoms with Crippen molar-refractivity contribution in [1.29, 1.82) is 0 Å². The van der Waals surface area contributed by atoms with Crippen molar-refractivity contribution in [3.8, 4) is 0 Å². The number of hydrogen-bond acceptors (Lipinski definition) is 4. The molecule has 1 saturated heterocycles. The van der Waals surface area contributed by atoms with Crippen LogP contribution < -0.4 is 0 Å². The van der Waals surface area contributed by atoms with Crippen LogP contribution in [0.3, 0.4) is 0 Å². The maximum absolute atomic E-state index is 12.7. The molecule has 3 rings (SSSR count). The first-order valence-corrected chi connectivity index (χ1v) is 8.42. The Morgan fingerprint density at radius 3 is 2.72 bits per heavy atom. The van der Waals surface area contributed by atoms with Crippen LogP contribution in [0.5, 0.6) is 0 Å². The first kappa shape index (κ1) is 17.1. The van der Waals surface area contributed by atoms with Gasteiger partial charge in [-0.1, -0.05) is 30.3 Å². The van der Waals surface area contributed by atoms with E-state index in [4.69, 9.17) is 0 Å². The summed E-state index contributed by atoms with van der Waals surface area (Å²) in [7, 11) is 0. The fourth-order valence-corrected chi connectivity index (χ4v) is 3.71. The summed E-state index contributed by atoms with van der Waals surface area (Å²) in [4.78, 5) is 24.8. The summed E-state index contributed by atoms with van der Waals surface area (Å²) in [5, 5.41) is 14.6. The molecule has 1 aliphatic heterocycles. The van der Waals surface area contributed by atoms with Gasteiger partial charge in [0.1, 0.15) is 12.4 Å². The van der Waals surface area contributed by atoms with E-state index >= 15 is 0 Å². The minimum Gasteiger partial charge on any atom is -0.337 e. The minimum absolute atomic E-state index is 0.0570. The van der Waals surface area contributed by atoms with Gasteiger partial charge in [-0.05, 0) is 25.8 Å². The normalized spacial score (nSPS) is 19.1. The molecular weight excluding hydrogens is 320 g/mol. The van der Waals surface area contributed by atoms with Gasteiger partial charge in [-0.3, -0.25) is 19.6 Å². The number of nitrogens with zero attached hydrogens (tertiary/aromatic N) is 4. The summed E-state index contributed by atoms with van der Waals surface area (Å²) in [6, 6.07) is 10.3. The molecule has 1 aliphatic rings. The van der Waals surface area contributed by atoms with Crippen molar-refractivity contribution >= 4 is 11.6 Å². The number of rotatable bonds is 5. The van der Waals surface area contributed by atoms with E-state index < -0.39 is 4.92 Å². The molecule has 2 aromatic rings. The molecule has 25 heavy (non-hydrogen) atoms. The maximum Gasteiger partial charge on any atom is 0.306 e. The average molecular weight is 342 g/mol. The zero-order valence-corrected chi connectivity index (χ0v) is 14.5. The molecule has 0 saturated carbocycles. The molecule has 0 N–H and O–H groups in total. The van der Waals surface area contributed by atoms with Crippen LogP contribution in [0.25, 0.3) is 0 Å². The largest absolute Gasteiger partial charge is 0.337 e. The average Bonchev–Trinajstić information content (AvgIpc) is 3.17. The van der Waals surface area contributed by atoms with Gasteiger partial charge in [0.25, 0.3) is 0 Å². The Morgan fingerprint density at radius 1 is 1.36 bits per heavy atom. The Kier molecular flexibility index (Phi) is 4.57. The molecule has 2 heterocycles. The monoisotopic (exact) mass is 342 g/mol. The van der Waals surface area contributed by atoms with Crippen LogP contribution in [0.15, 0.2) is 42.7 Å². The number of hydrogen-bond donors (Lipinski definition) is 0. The third-order valence-electron chi connectivity index (χ3n) is 5.08. The molecule has 0 bridgehead atoms. The second-order valence-corrected chi connectivity index (χ2v) is 6.92. The Bertz CT molecular complexity index is 770. The van der Waals surface area contributed by atoms with Gasteiger partial charge in [0.05, 0.1) is 4.92 Å². The second-order valence-electron chi connectivity index (χ2n) is 6.92. The number of aromatic nitrogens is 2. The lowest BCUT2D eigenvalue weighted by Crippen LogP contribution is -2.45. The molecule has 0 spiro atoms. The topological polar surface area (TPSA) is 81.3 Å². The molecule has 1 amide bonds. The van der Waals surface area contributed by atoms with E-state index in [1.54, 1.807) is 0 Å². The van der Waals surface area contributed by atoms with E-state index in [0.29, 0.717) is 12.5 Å². The number of carbonyl (C=O) groups is 1. The van der Waals surface area contributed by atoms with Crippen LogP contribution in [0.4, 0.5) is 5.69 Å². The van der Waals surface area contributed by atoms with Crippen molar-refractivity contribution < 1.29 is 9.72 Å². The van der Waals surface area contributed by atoms with E-state index in [-0.39, 0.29) is 23.6 Å². The van der Waals surface area contributed by atoms with Crippen molar-refractivity contribution in [2.24, 2.45) is 0 Å². The van der Waals surface area contributed by atoms with Crippen molar-refractivity contribution in [3.05, 3.63) is 58.4 Å². The lowest BCUT2D eigenvalue weighted by molar-refractivity contribution is -0.385. The Balaban J connectivity index is 1.65. The van der Waals surface area contributed by atoms with Gasteiger partial charge >= 0.3 is 5.69 Å². The summed E-state index contributed by atoms with van der Waals surface area (Å²) in [6.45, 7) is 5.28. The van der Waals surface area contributed by atoms with Crippen LogP contribution >= 0.6 is 0 Å². The molecule has 7 nitrogen and oxygen atoms in total. The predicted octanol–water partition coefficient (Wildman–Crippen LogP) is 2.98. The number of aryl methyl sites for hydroxylation is 1. The van der Waals surface area contributed by atoms with E-state index in [2.05, 4.69) is 31.1 Å². The second kappa shape index (κ2) is 6.66. The standard InChI is InChI=1S/C18H22N4O3/c1-18(2)16(14-6-4-3-5-7-14)8-11-21(18)17(23)9-10-20-13-15(12-19-20)22(24)25/h3-7,12-13,16H,8-11H2,1-2H3. The molecule has 0 radical (unpaired) electrons. The molecule has 1 unspecified atom stereocenters. The summed E-state index contributed by atoms with van der Waals surface area (Å²) < 4.78 is 1.45. The molecule has 0 aliphatic carbocycles. The summed E-state index contributed by atoms with van der Waals surface area (Å²) in [6.07, 6.45) is 3.78. The Hall–Kier alpha value is -2.70. The zero-order valence-electron chi connectivity index (χ0n) is 14.5. The van der Waals surface area contributed by atoms with Crippen LogP contribution in [0.2, 0.25) is 0 Å². The minimum atomic E-state index is -0.487. The number of amides is 1. The van der Waals surface area contributed by atoms with Gasteiger partial charge in [0, 0.05) is 31.0 Å². The highest BCUT2D eigenvalue weighted by molar-refractivity contribution is 5.77. The third kappa shape index (κ3) is 3.40. The van der Waals surface area contributed by atoms with E-state index in [1.807, 2.05) is 23.1 Å². The highest BCUT2D eigenvalue weighted by atomic mass is 16.6. The zero-order chi connectivity index (χ0) is 18.0. The number of benzene rings is 1. The Labute approximate surface area is 146 Å². The van der Waals surface area contributed by atoms with Crippen LogP contribution in [-0.4, -0.2) is 37.6 Å². The van der Waals surface area contributed by atoms with Crippen LogP contribution in [0.1, 0.15) is 38.2 Å². The molecule has 1 fully saturated rings. The van der Waals surface area contributed by atoms with E-state index in [0.717, 1.165) is 13.0 Å². The predicted molar refractivity (Wildman–Crippen MR) is 93.1 cm³/mol.